The Morgan fingerprint density at radius 2 is 1.29 bits per heavy atom. The van der Waals surface area contributed by atoms with Crippen molar-refractivity contribution in [1.82, 2.24) is 59.5 Å². The number of carboxylic acid groups (broad SMARTS) is 3. The highest BCUT2D eigenvalue weighted by Crippen LogP contribution is 2.31. The maximum absolute atomic E-state index is 15.2. The first-order valence-electron chi connectivity index (χ1n) is 26.0. The fraction of sp³-hybridized carbons (Fsp3) is 0.700. The molecule has 23 heteroatoms. The number of halogens is 1. The lowest BCUT2D eigenvalue weighted by molar-refractivity contribution is -0.143. The van der Waals surface area contributed by atoms with Gasteiger partial charge < -0.3 is 40.7 Å². The van der Waals surface area contributed by atoms with Gasteiger partial charge in [-0.2, -0.15) is 15.1 Å². The monoisotopic (exact) mass is 1020 g/mol. The molecule has 0 bridgehead atoms. The number of hydrogen-bond acceptors (Lipinski definition) is 15. The summed E-state index contributed by atoms with van der Waals surface area (Å²) in [5.74, 6) is -2.89. The van der Waals surface area contributed by atoms with Crippen molar-refractivity contribution in [1.29, 1.82) is 0 Å². The summed E-state index contributed by atoms with van der Waals surface area (Å²) in [6.45, 7) is 21.3. The number of rotatable bonds is 24. The number of carboxylic acids is 3. The van der Waals surface area contributed by atoms with Gasteiger partial charge in [0.25, 0.3) is 0 Å². The summed E-state index contributed by atoms with van der Waals surface area (Å²) in [5.41, 5.74) is 2.32. The van der Waals surface area contributed by atoms with Gasteiger partial charge in [-0.1, -0.05) is 41.2 Å². The number of nitrogens with one attached hydrogen (secondary N) is 3. The van der Waals surface area contributed by atoms with Gasteiger partial charge in [0, 0.05) is 81.7 Å². The average molecular weight is 1030 g/mol. The maximum Gasteiger partial charge on any atom is 0.317 e. The SMILES string of the molecule is C=CC(=O)N[C@@H]1CN(c2nc(Nc3cn(CCCCCNC(=O)CN4C[C@H](CC)N(CC(=O)O)C[C@H](CC)N(CC(=O)O)C[C@@H](CC)N(CC(=O)O)C[C@@H]4CC)nc3CC)c3ncn(C(C)(C)C)c3n2)C[C@H]1F. The Kier molecular flexibility index (Phi) is 21.5. The van der Waals surface area contributed by atoms with Gasteiger partial charge in [0.1, 0.15) is 6.17 Å². The van der Waals surface area contributed by atoms with E-state index in [1.165, 1.54) is 0 Å². The molecule has 5 rings (SSSR count). The van der Waals surface area contributed by atoms with E-state index in [1.807, 2.05) is 85.5 Å². The number of amides is 2. The first kappa shape index (κ1) is 58.1. The van der Waals surface area contributed by atoms with Gasteiger partial charge in [-0.3, -0.25) is 48.3 Å². The zero-order valence-electron chi connectivity index (χ0n) is 44.2. The number of nitrogens with zero attached hydrogens (tertiary/aromatic N) is 11. The van der Waals surface area contributed by atoms with Crippen LogP contribution in [0.4, 0.5) is 21.8 Å². The molecule has 5 heterocycles. The molecular formula is C50H81FN14O8. The molecule has 2 aliphatic rings. The van der Waals surface area contributed by atoms with Crippen LogP contribution in [-0.2, 0) is 42.5 Å². The molecule has 6 atom stereocenters. The van der Waals surface area contributed by atoms with Crippen LogP contribution in [-0.4, -0.2) is 202 Å². The number of imidazole rings is 1. The maximum atomic E-state index is 15.2. The Bertz CT molecular complexity index is 2320. The first-order valence-corrected chi connectivity index (χ1v) is 26.0. The van der Waals surface area contributed by atoms with E-state index in [1.54, 1.807) is 11.2 Å². The van der Waals surface area contributed by atoms with Gasteiger partial charge in [-0.15, -0.1) is 0 Å². The third-order valence-corrected chi connectivity index (χ3v) is 14.1. The van der Waals surface area contributed by atoms with Crippen molar-refractivity contribution >= 4 is 58.3 Å². The minimum absolute atomic E-state index is 0.00221. The highest BCUT2D eigenvalue weighted by Gasteiger charge is 2.37. The molecule has 22 nitrogen and oxygen atoms in total. The summed E-state index contributed by atoms with van der Waals surface area (Å²) < 4.78 is 19.0. The molecule has 0 aliphatic carbocycles. The molecule has 2 aliphatic heterocycles. The fourth-order valence-corrected chi connectivity index (χ4v) is 10.0. The zero-order chi connectivity index (χ0) is 53.6. The quantitative estimate of drug-likeness (QED) is 0.0551. The van der Waals surface area contributed by atoms with E-state index in [0.29, 0.717) is 101 Å². The number of aromatic nitrogens is 6. The first-order chi connectivity index (χ1) is 34.7. The highest BCUT2D eigenvalue weighted by molar-refractivity contribution is 5.88. The van der Waals surface area contributed by atoms with Crippen LogP contribution in [0.1, 0.15) is 106 Å². The third-order valence-electron chi connectivity index (χ3n) is 14.1. The second kappa shape index (κ2) is 27.0. The Balaban J connectivity index is 1.25. The summed E-state index contributed by atoms with van der Waals surface area (Å²) in [5, 5.41) is 44.1. The molecule has 0 spiro atoms. The van der Waals surface area contributed by atoms with Gasteiger partial charge >= 0.3 is 17.9 Å². The van der Waals surface area contributed by atoms with Crippen molar-refractivity contribution in [2.45, 2.75) is 155 Å². The van der Waals surface area contributed by atoms with E-state index >= 15 is 4.39 Å². The summed E-state index contributed by atoms with van der Waals surface area (Å²) in [6.07, 6.45) is 8.66. The molecule has 0 aromatic carbocycles. The molecule has 0 saturated carbocycles. The minimum Gasteiger partial charge on any atom is -0.480 e. The summed E-state index contributed by atoms with van der Waals surface area (Å²) in [7, 11) is 0. The number of anilines is 3. The number of fused-ring (bicyclic) bond motifs is 1. The Labute approximate surface area is 428 Å². The number of unbranched alkanes of at least 4 members (excludes halogenated alkanes) is 2. The number of hydrogen-bond donors (Lipinski definition) is 6. The third kappa shape index (κ3) is 16.1. The molecule has 0 unspecified atom stereocenters. The molecular weight excluding hydrogens is 944 g/mol. The molecule has 3 aromatic heterocycles. The normalized spacial score (nSPS) is 22.2. The fourth-order valence-electron chi connectivity index (χ4n) is 10.0. The standard InChI is InChI=1S/C50H81FN14O8/c1-10-33-22-60(29-43(68)69)35(12-3)24-62(31-45(72)73)36(13-4)23-61(30-44(70)71)34(11-2)21-59(33)28-42(67)52-19-17-16-18-20-64-27-40(38(14-5)58-64)55-47-46-48(65(32-53-46)50(7,8)9)57-49(56-47)63-25-37(51)39(26-63)54-41(66)15-6/h15,27,32-37,39H,6,10-14,16-26,28-31H2,1-5,7-9H3,(H,52,67)(H,54,66)(H,68,69)(H,70,71)(H,72,73)(H,55,56,57)/t33-,34-,35+,36-,37+,39+/m0/s1. The average Bonchev–Trinajstić information content (AvgIpc) is 4.06. The van der Waals surface area contributed by atoms with E-state index in [-0.39, 0.29) is 74.9 Å². The lowest BCUT2D eigenvalue weighted by Crippen LogP contribution is -2.60. The summed E-state index contributed by atoms with van der Waals surface area (Å²) in [4.78, 5) is 86.4. The molecule has 2 fully saturated rings. The summed E-state index contributed by atoms with van der Waals surface area (Å²) in [6, 6.07) is -1.88. The second-order valence-electron chi connectivity index (χ2n) is 20.4. The molecule has 6 N–H and O–H groups in total. The van der Waals surface area contributed by atoms with E-state index in [4.69, 9.17) is 20.1 Å². The highest BCUT2D eigenvalue weighted by atomic mass is 19.1. The van der Waals surface area contributed by atoms with Crippen molar-refractivity contribution in [3.05, 3.63) is 30.9 Å². The largest absolute Gasteiger partial charge is 0.480 e. The van der Waals surface area contributed by atoms with Gasteiger partial charge in [0.15, 0.2) is 17.0 Å². The molecule has 3 aromatic rings. The van der Waals surface area contributed by atoms with E-state index in [0.717, 1.165) is 30.3 Å². The topological polar surface area (TPSA) is 260 Å². The van der Waals surface area contributed by atoms with Crippen LogP contribution in [0.5, 0.6) is 0 Å². The van der Waals surface area contributed by atoms with Gasteiger partial charge in [-0.05, 0) is 78.2 Å². The molecule has 73 heavy (non-hydrogen) atoms. The van der Waals surface area contributed by atoms with Crippen molar-refractivity contribution in [2.75, 3.05) is 82.2 Å². The lowest BCUT2D eigenvalue weighted by atomic mass is 10.0. The number of alkyl halides is 1. The zero-order valence-corrected chi connectivity index (χ0v) is 44.2. The van der Waals surface area contributed by atoms with Crippen molar-refractivity contribution in [2.24, 2.45) is 0 Å². The Morgan fingerprint density at radius 3 is 1.77 bits per heavy atom. The van der Waals surface area contributed by atoms with Crippen LogP contribution in [0.15, 0.2) is 25.2 Å². The van der Waals surface area contributed by atoms with E-state index < -0.39 is 36.0 Å². The molecule has 2 saturated heterocycles. The smallest absolute Gasteiger partial charge is 0.317 e. The predicted molar refractivity (Wildman–Crippen MR) is 277 cm³/mol. The number of carbonyl (C=O) groups excluding carboxylic acids is 2. The minimum atomic E-state index is -1.33. The van der Waals surface area contributed by atoms with Crippen molar-refractivity contribution < 1.29 is 43.7 Å². The molecule has 406 valence electrons. The van der Waals surface area contributed by atoms with Crippen LogP contribution in [0.3, 0.4) is 0 Å². The Morgan fingerprint density at radius 1 is 0.753 bits per heavy atom. The van der Waals surface area contributed by atoms with Crippen LogP contribution in [0.2, 0.25) is 0 Å². The lowest BCUT2D eigenvalue weighted by Gasteiger charge is -2.45. The Hall–Kier alpha value is -5.78. The van der Waals surface area contributed by atoms with Crippen molar-refractivity contribution in [3.63, 3.8) is 0 Å². The van der Waals surface area contributed by atoms with Crippen LogP contribution in [0.25, 0.3) is 11.2 Å². The predicted octanol–water partition coefficient (Wildman–Crippen LogP) is 3.79. The van der Waals surface area contributed by atoms with Crippen LogP contribution in [0, 0.1) is 0 Å². The molecule has 0 radical (unpaired) electrons. The van der Waals surface area contributed by atoms with E-state index in [2.05, 4.69) is 27.4 Å². The molecule has 2 amide bonds. The van der Waals surface area contributed by atoms with Gasteiger partial charge in [0.2, 0.25) is 17.8 Å². The number of aryl methyl sites for hydroxylation is 2. The second-order valence-corrected chi connectivity index (χ2v) is 20.4. The van der Waals surface area contributed by atoms with E-state index in [9.17, 15) is 39.3 Å². The number of aliphatic carboxylic acids is 3. The number of carbonyl (C=O) groups is 5. The van der Waals surface area contributed by atoms with Gasteiger partial charge in [-0.25, -0.2) is 9.37 Å². The van der Waals surface area contributed by atoms with Crippen LogP contribution < -0.4 is 20.9 Å². The van der Waals surface area contributed by atoms with Gasteiger partial charge in [0.05, 0.1) is 56.5 Å². The van der Waals surface area contributed by atoms with Crippen LogP contribution >= 0.6 is 0 Å². The summed E-state index contributed by atoms with van der Waals surface area (Å²) >= 11 is 0. The van der Waals surface area contributed by atoms with Crippen molar-refractivity contribution in [3.8, 4) is 0 Å².